The number of anilines is 2. The summed E-state index contributed by atoms with van der Waals surface area (Å²) in [7, 11) is 1.57. The van der Waals surface area contributed by atoms with Gasteiger partial charge in [0, 0.05) is 14.0 Å². The Labute approximate surface area is 134 Å². The van der Waals surface area contributed by atoms with Gasteiger partial charge >= 0.3 is 0 Å². The molecular formula is C18H19FN2O2. The Morgan fingerprint density at radius 3 is 2.39 bits per heavy atom. The van der Waals surface area contributed by atoms with Crippen molar-refractivity contribution >= 4 is 23.2 Å². The minimum Gasteiger partial charge on any atom is -0.324 e. The molecule has 1 N–H and O–H groups in total. The molecule has 2 rings (SSSR count). The van der Waals surface area contributed by atoms with E-state index >= 15 is 0 Å². The van der Waals surface area contributed by atoms with Gasteiger partial charge in [0.1, 0.15) is 5.82 Å². The van der Waals surface area contributed by atoms with Crippen molar-refractivity contribution < 1.29 is 14.0 Å². The van der Waals surface area contributed by atoms with Crippen molar-refractivity contribution in [3.05, 3.63) is 59.4 Å². The van der Waals surface area contributed by atoms with Gasteiger partial charge in [-0.3, -0.25) is 9.59 Å². The maximum absolute atomic E-state index is 13.5. The quantitative estimate of drug-likeness (QED) is 0.941. The van der Waals surface area contributed by atoms with E-state index in [1.54, 1.807) is 7.05 Å². The van der Waals surface area contributed by atoms with E-state index in [9.17, 15) is 14.0 Å². The summed E-state index contributed by atoms with van der Waals surface area (Å²) in [4.78, 5) is 25.1. The topological polar surface area (TPSA) is 49.4 Å². The molecule has 2 aromatic carbocycles. The SMILES string of the molecule is CC(=O)N(C)c1ccc(F)cc1NC(=O)Cc1ccc(C)cc1. The lowest BCUT2D eigenvalue weighted by molar-refractivity contribution is -0.117. The number of aryl methyl sites for hydroxylation is 1. The first-order chi connectivity index (χ1) is 10.9. The highest BCUT2D eigenvalue weighted by Gasteiger charge is 2.14. The van der Waals surface area contributed by atoms with E-state index in [0.29, 0.717) is 5.69 Å². The number of hydrogen-bond acceptors (Lipinski definition) is 2. The van der Waals surface area contributed by atoms with Gasteiger partial charge in [-0.25, -0.2) is 4.39 Å². The number of halogens is 1. The molecule has 0 aliphatic carbocycles. The molecule has 0 spiro atoms. The van der Waals surface area contributed by atoms with Crippen molar-refractivity contribution in [1.82, 2.24) is 0 Å². The molecule has 0 bridgehead atoms. The molecule has 0 atom stereocenters. The van der Waals surface area contributed by atoms with E-state index in [2.05, 4.69) is 5.32 Å². The fraction of sp³-hybridized carbons (Fsp3) is 0.222. The zero-order chi connectivity index (χ0) is 17.0. The van der Waals surface area contributed by atoms with Gasteiger partial charge in [0.15, 0.2) is 0 Å². The second-order valence-corrected chi connectivity index (χ2v) is 5.45. The first-order valence-corrected chi connectivity index (χ1v) is 7.26. The number of amides is 2. The van der Waals surface area contributed by atoms with Crippen LogP contribution in [0.1, 0.15) is 18.1 Å². The van der Waals surface area contributed by atoms with Crippen LogP contribution in [0, 0.1) is 12.7 Å². The molecule has 0 saturated carbocycles. The lowest BCUT2D eigenvalue weighted by atomic mass is 10.1. The Kier molecular flexibility index (Phi) is 5.11. The second-order valence-electron chi connectivity index (χ2n) is 5.45. The fourth-order valence-corrected chi connectivity index (χ4v) is 2.16. The summed E-state index contributed by atoms with van der Waals surface area (Å²) >= 11 is 0. The highest BCUT2D eigenvalue weighted by molar-refractivity contribution is 6.00. The predicted molar refractivity (Wildman–Crippen MR) is 89.0 cm³/mol. The Hall–Kier alpha value is -2.69. The molecule has 2 aromatic rings. The summed E-state index contributed by atoms with van der Waals surface area (Å²) in [5.74, 6) is -0.945. The van der Waals surface area contributed by atoms with Crippen LogP contribution in [-0.4, -0.2) is 18.9 Å². The summed E-state index contributed by atoms with van der Waals surface area (Å²) in [5, 5.41) is 2.68. The maximum atomic E-state index is 13.5. The highest BCUT2D eigenvalue weighted by atomic mass is 19.1. The molecule has 0 aliphatic rings. The van der Waals surface area contributed by atoms with Gasteiger partial charge < -0.3 is 10.2 Å². The Bertz CT molecular complexity index is 726. The van der Waals surface area contributed by atoms with Crippen LogP contribution in [0.25, 0.3) is 0 Å². The molecule has 5 heteroatoms. The Balaban J connectivity index is 2.18. The molecule has 0 aliphatic heterocycles. The van der Waals surface area contributed by atoms with Crippen molar-refractivity contribution in [1.29, 1.82) is 0 Å². The molecule has 23 heavy (non-hydrogen) atoms. The molecule has 120 valence electrons. The molecule has 0 unspecified atom stereocenters. The van der Waals surface area contributed by atoms with E-state index in [-0.39, 0.29) is 23.9 Å². The lowest BCUT2D eigenvalue weighted by Gasteiger charge is -2.19. The van der Waals surface area contributed by atoms with Crippen LogP contribution in [0.3, 0.4) is 0 Å². The molecule has 0 aromatic heterocycles. The minimum atomic E-state index is -0.476. The van der Waals surface area contributed by atoms with Gasteiger partial charge in [-0.05, 0) is 30.7 Å². The molecular weight excluding hydrogens is 295 g/mol. The monoisotopic (exact) mass is 314 g/mol. The number of nitrogens with one attached hydrogen (secondary N) is 1. The van der Waals surface area contributed by atoms with Crippen molar-refractivity contribution in [2.45, 2.75) is 20.3 Å². The third-order valence-corrected chi connectivity index (χ3v) is 3.55. The van der Waals surface area contributed by atoms with Gasteiger partial charge in [-0.15, -0.1) is 0 Å². The van der Waals surface area contributed by atoms with E-state index in [4.69, 9.17) is 0 Å². The highest BCUT2D eigenvalue weighted by Crippen LogP contribution is 2.26. The van der Waals surface area contributed by atoms with Crippen LogP contribution in [0.15, 0.2) is 42.5 Å². The van der Waals surface area contributed by atoms with Gasteiger partial charge in [-0.2, -0.15) is 0 Å². The average molecular weight is 314 g/mol. The summed E-state index contributed by atoms with van der Waals surface area (Å²) in [5.41, 5.74) is 2.71. The van der Waals surface area contributed by atoms with Crippen LogP contribution in [-0.2, 0) is 16.0 Å². The summed E-state index contributed by atoms with van der Waals surface area (Å²) in [6.07, 6.45) is 0.181. The van der Waals surface area contributed by atoms with Crippen molar-refractivity contribution in [3.63, 3.8) is 0 Å². The molecule has 0 fully saturated rings. The van der Waals surface area contributed by atoms with E-state index in [1.165, 1.54) is 30.0 Å². The molecule has 2 amide bonds. The molecule has 0 heterocycles. The van der Waals surface area contributed by atoms with Gasteiger partial charge in [0.2, 0.25) is 11.8 Å². The predicted octanol–water partition coefficient (Wildman–Crippen LogP) is 3.30. The van der Waals surface area contributed by atoms with Crippen LogP contribution < -0.4 is 10.2 Å². The third-order valence-electron chi connectivity index (χ3n) is 3.55. The van der Waals surface area contributed by atoms with Gasteiger partial charge in [0.25, 0.3) is 0 Å². The lowest BCUT2D eigenvalue weighted by Crippen LogP contribution is -2.25. The van der Waals surface area contributed by atoms with Crippen LogP contribution in [0.5, 0.6) is 0 Å². The normalized spacial score (nSPS) is 10.3. The van der Waals surface area contributed by atoms with E-state index in [0.717, 1.165) is 11.1 Å². The van der Waals surface area contributed by atoms with Gasteiger partial charge in [-0.1, -0.05) is 29.8 Å². The molecule has 0 saturated heterocycles. The zero-order valence-electron chi connectivity index (χ0n) is 13.4. The van der Waals surface area contributed by atoms with Crippen LogP contribution in [0.2, 0.25) is 0 Å². The number of carbonyl (C=O) groups excluding carboxylic acids is 2. The number of rotatable bonds is 4. The third kappa shape index (κ3) is 4.39. The van der Waals surface area contributed by atoms with Gasteiger partial charge in [0.05, 0.1) is 17.8 Å². The Morgan fingerprint density at radius 2 is 1.78 bits per heavy atom. The first kappa shape index (κ1) is 16.7. The number of carbonyl (C=O) groups is 2. The first-order valence-electron chi connectivity index (χ1n) is 7.26. The minimum absolute atomic E-state index is 0.181. The van der Waals surface area contributed by atoms with Crippen molar-refractivity contribution in [2.75, 3.05) is 17.3 Å². The second kappa shape index (κ2) is 7.05. The standard InChI is InChI=1S/C18H19FN2O2/c1-12-4-6-14(7-5-12)10-18(23)20-16-11-15(19)8-9-17(16)21(3)13(2)22/h4-9,11H,10H2,1-3H3,(H,20,23). The van der Waals surface area contributed by atoms with E-state index < -0.39 is 5.82 Å². The fourth-order valence-electron chi connectivity index (χ4n) is 2.16. The smallest absolute Gasteiger partial charge is 0.228 e. The summed E-state index contributed by atoms with van der Waals surface area (Å²) in [6, 6.07) is 11.6. The maximum Gasteiger partial charge on any atom is 0.228 e. The van der Waals surface area contributed by atoms with Crippen LogP contribution >= 0.6 is 0 Å². The molecule has 0 radical (unpaired) electrons. The number of hydrogen-bond donors (Lipinski definition) is 1. The summed E-state index contributed by atoms with van der Waals surface area (Å²) in [6.45, 7) is 3.38. The largest absolute Gasteiger partial charge is 0.324 e. The van der Waals surface area contributed by atoms with Crippen LogP contribution in [0.4, 0.5) is 15.8 Å². The molecule has 4 nitrogen and oxygen atoms in total. The average Bonchev–Trinajstić information content (AvgIpc) is 2.49. The van der Waals surface area contributed by atoms with Crippen molar-refractivity contribution in [3.8, 4) is 0 Å². The summed E-state index contributed by atoms with van der Waals surface area (Å²) < 4.78 is 13.5. The van der Waals surface area contributed by atoms with Crippen molar-refractivity contribution in [2.24, 2.45) is 0 Å². The number of nitrogens with zero attached hydrogens (tertiary/aromatic N) is 1. The Morgan fingerprint density at radius 1 is 1.13 bits per heavy atom. The van der Waals surface area contributed by atoms with E-state index in [1.807, 2.05) is 31.2 Å². The number of benzene rings is 2. The zero-order valence-corrected chi connectivity index (χ0v) is 13.4.